The van der Waals surface area contributed by atoms with Crippen molar-refractivity contribution in [1.29, 1.82) is 0 Å². The topological polar surface area (TPSA) is 63.6 Å². The van der Waals surface area contributed by atoms with Gasteiger partial charge in [-0.2, -0.15) is 0 Å². The zero-order valence-electron chi connectivity index (χ0n) is 9.72. The molecule has 0 aliphatic carbocycles. The molecule has 0 saturated carbocycles. The molecule has 1 atom stereocenters. The summed E-state index contributed by atoms with van der Waals surface area (Å²) in [5, 5.41) is 10.5. The van der Waals surface area contributed by atoms with E-state index in [1.54, 1.807) is 24.3 Å². The molecule has 1 aromatic carbocycles. The van der Waals surface area contributed by atoms with Crippen LogP contribution in [0.3, 0.4) is 0 Å². The fourth-order valence-electron chi connectivity index (χ4n) is 2.33. The van der Waals surface area contributed by atoms with E-state index < -0.39 is 15.4 Å². The molecule has 94 valence electrons. The van der Waals surface area contributed by atoms with Gasteiger partial charge in [0.15, 0.2) is 9.84 Å². The van der Waals surface area contributed by atoms with Crippen molar-refractivity contribution in [3.05, 3.63) is 29.8 Å². The summed E-state index contributed by atoms with van der Waals surface area (Å²) in [4.78, 5) is 0. The van der Waals surface area contributed by atoms with Crippen LogP contribution in [0.15, 0.2) is 24.3 Å². The van der Waals surface area contributed by atoms with E-state index in [0.717, 1.165) is 0 Å². The quantitative estimate of drug-likeness (QED) is 0.860. The van der Waals surface area contributed by atoms with E-state index >= 15 is 0 Å². The van der Waals surface area contributed by atoms with Gasteiger partial charge in [0.2, 0.25) is 0 Å². The molecular weight excluding hydrogens is 240 g/mol. The van der Waals surface area contributed by atoms with Gasteiger partial charge in [-0.3, -0.25) is 0 Å². The predicted octanol–water partition coefficient (Wildman–Crippen LogP) is 1.09. The lowest BCUT2D eigenvalue weighted by molar-refractivity contribution is 0.0442. The van der Waals surface area contributed by atoms with Crippen LogP contribution >= 0.6 is 0 Å². The zero-order chi connectivity index (χ0) is 12.5. The van der Waals surface area contributed by atoms with Gasteiger partial charge in [-0.05, 0) is 18.9 Å². The van der Waals surface area contributed by atoms with Gasteiger partial charge in [0.25, 0.3) is 0 Å². The van der Waals surface area contributed by atoms with Crippen LogP contribution in [-0.4, -0.2) is 32.1 Å². The first-order valence-corrected chi connectivity index (χ1v) is 7.35. The highest BCUT2D eigenvalue weighted by Gasteiger charge is 2.40. The van der Waals surface area contributed by atoms with Crippen molar-refractivity contribution in [2.75, 3.05) is 18.6 Å². The normalized spacial score (nSPS) is 27.6. The third-order valence-corrected chi connectivity index (χ3v) is 4.94. The first kappa shape index (κ1) is 12.4. The lowest BCUT2D eigenvalue weighted by Crippen LogP contribution is -2.40. The predicted molar refractivity (Wildman–Crippen MR) is 64.8 cm³/mol. The Hall–Kier alpha value is -1.07. The largest absolute Gasteiger partial charge is 0.496 e. The fourth-order valence-corrected chi connectivity index (χ4v) is 4.09. The van der Waals surface area contributed by atoms with Crippen molar-refractivity contribution < 1.29 is 18.3 Å². The summed E-state index contributed by atoms with van der Waals surface area (Å²) in [5.74, 6) is 0.470. The fraction of sp³-hybridized carbons (Fsp3) is 0.500. The van der Waals surface area contributed by atoms with Gasteiger partial charge >= 0.3 is 0 Å². The average Bonchev–Trinajstić information content (AvgIpc) is 2.27. The molecule has 4 nitrogen and oxygen atoms in total. The van der Waals surface area contributed by atoms with Crippen LogP contribution in [0.1, 0.15) is 18.4 Å². The Morgan fingerprint density at radius 1 is 1.35 bits per heavy atom. The van der Waals surface area contributed by atoms with Crippen LogP contribution < -0.4 is 4.74 Å². The molecule has 1 fully saturated rings. The Bertz CT molecular complexity index is 509. The molecule has 1 aliphatic heterocycles. The molecular formula is C12H16O4S. The first-order valence-electron chi connectivity index (χ1n) is 5.53. The zero-order valence-corrected chi connectivity index (χ0v) is 10.5. The van der Waals surface area contributed by atoms with E-state index in [9.17, 15) is 13.5 Å². The summed E-state index contributed by atoms with van der Waals surface area (Å²) in [6.07, 6.45) is 0.934. The van der Waals surface area contributed by atoms with Gasteiger partial charge in [0.05, 0.1) is 18.6 Å². The van der Waals surface area contributed by atoms with Crippen LogP contribution in [0.25, 0.3) is 0 Å². The second-order valence-electron chi connectivity index (χ2n) is 4.43. The highest BCUT2D eigenvalue weighted by Crippen LogP contribution is 2.37. The molecule has 0 amide bonds. The van der Waals surface area contributed by atoms with Crippen molar-refractivity contribution in [2.24, 2.45) is 0 Å². The Balaban J connectivity index is 2.44. The number of benzene rings is 1. The molecule has 0 radical (unpaired) electrons. The molecule has 1 heterocycles. The summed E-state index contributed by atoms with van der Waals surface area (Å²) in [5.41, 5.74) is -0.755. The minimum atomic E-state index is -3.17. The number of ether oxygens (including phenoxy) is 1. The summed E-state index contributed by atoms with van der Waals surface area (Å²) >= 11 is 0. The minimum Gasteiger partial charge on any atom is -0.496 e. The molecule has 0 aromatic heterocycles. The molecule has 1 aromatic rings. The van der Waals surface area contributed by atoms with E-state index in [1.165, 1.54) is 7.11 Å². The molecule has 0 bridgehead atoms. The number of hydrogen-bond acceptors (Lipinski definition) is 4. The number of rotatable bonds is 2. The number of aliphatic hydroxyl groups is 1. The van der Waals surface area contributed by atoms with Crippen molar-refractivity contribution in [1.82, 2.24) is 0 Å². The van der Waals surface area contributed by atoms with Gasteiger partial charge < -0.3 is 9.84 Å². The van der Waals surface area contributed by atoms with E-state index in [2.05, 4.69) is 0 Å². The maximum absolute atomic E-state index is 11.6. The highest BCUT2D eigenvalue weighted by atomic mass is 32.2. The number of methoxy groups -OCH3 is 1. The Morgan fingerprint density at radius 2 is 2.06 bits per heavy atom. The first-order chi connectivity index (χ1) is 7.97. The summed E-state index contributed by atoms with van der Waals surface area (Å²) in [7, 11) is -1.66. The van der Waals surface area contributed by atoms with Crippen LogP contribution in [0.4, 0.5) is 0 Å². The second kappa shape index (κ2) is 4.31. The van der Waals surface area contributed by atoms with Gasteiger partial charge in [-0.1, -0.05) is 18.2 Å². The highest BCUT2D eigenvalue weighted by molar-refractivity contribution is 7.91. The van der Waals surface area contributed by atoms with Crippen molar-refractivity contribution in [3.8, 4) is 5.75 Å². The van der Waals surface area contributed by atoms with Crippen LogP contribution in [0.2, 0.25) is 0 Å². The molecule has 17 heavy (non-hydrogen) atoms. The maximum atomic E-state index is 11.6. The van der Waals surface area contributed by atoms with Crippen LogP contribution in [-0.2, 0) is 15.4 Å². The van der Waals surface area contributed by atoms with Crippen molar-refractivity contribution >= 4 is 9.84 Å². The Labute approximate surface area is 101 Å². The van der Waals surface area contributed by atoms with E-state index in [0.29, 0.717) is 24.2 Å². The summed E-state index contributed by atoms with van der Waals surface area (Å²) < 4.78 is 28.5. The van der Waals surface area contributed by atoms with Crippen LogP contribution in [0, 0.1) is 0 Å². The summed E-state index contributed by atoms with van der Waals surface area (Å²) in [6, 6.07) is 7.02. The smallest absolute Gasteiger partial charge is 0.153 e. The minimum absolute atomic E-state index is 0.157. The lowest BCUT2D eigenvalue weighted by Gasteiger charge is -2.33. The molecule has 1 aliphatic rings. The number of para-hydroxylation sites is 1. The number of sulfone groups is 1. The van der Waals surface area contributed by atoms with Crippen LogP contribution in [0.5, 0.6) is 5.75 Å². The standard InChI is InChI=1S/C12H16O4S/c1-16-11-6-3-2-5-10(11)12(13)7-4-8-17(14,15)9-12/h2-3,5-6,13H,4,7-9H2,1H3. The molecule has 0 spiro atoms. The SMILES string of the molecule is COc1ccccc1C1(O)CCCS(=O)(=O)C1. The van der Waals surface area contributed by atoms with E-state index in [-0.39, 0.29) is 11.5 Å². The maximum Gasteiger partial charge on any atom is 0.153 e. The monoisotopic (exact) mass is 256 g/mol. The molecule has 5 heteroatoms. The molecule has 2 rings (SSSR count). The molecule has 1 N–H and O–H groups in total. The van der Waals surface area contributed by atoms with Crippen molar-refractivity contribution in [3.63, 3.8) is 0 Å². The van der Waals surface area contributed by atoms with Gasteiger partial charge in [-0.25, -0.2) is 8.42 Å². The van der Waals surface area contributed by atoms with E-state index in [1.807, 2.05) is 0 Å². The third-order valence-electron chi connectivity index (χ3n) is 3.11. The average molecular weight is 256 g/mol. The summed E-state index contributed by atoms with van der Waals surface area (Å²) in [6.45, 7) is 0. The second-order valence-corrected chi connectivity index (χ2v) is 6.61. The molecule has 1 saturated heterocycles. The Morgan fingerprint density at radius 3 is 2.71 bits per heavy atom. The molecule has 1 unspecified atom stereocenters. The number of hydrogen-bond donors (Lipinski definition) is 1. The Kier molecular flexibility index (Phi) is 3.14. The van der Waals surface area contributed by atoms with Gasteiger partial charge in [0.1, 0.15) is 11.4 Å². The van der Waals surface area contributed by atoms with Crippen molar-refractivity contribution in [2.45, 2.75) is 18.4 Å². The van der Waals surface area contributed by atoms with E-state index in [4.69, 9.17) is 4.74 Å². The lowest BCUT2D eigenvalue weighted by atomic mass is 9.90. The van der Waals surface area contributed by atoms with Gasteiger partial charge in [0, 0.05) is 5.56 Å². The third kappa shape index (κ3) is 2.45. The van der Waals surface area contributed by atoms with Gasteiger partial charge in [-0.15, -0.1) is 0 Å².